The molecule has 2 N–H and O–H groups in total. The van der Waals surface area contributed by atoms with Crippen LogP contribution in [0.2, 0.25) is 5.02 Å². The maximum absolute atomic E-state index is 12.1. The molecule has 6 heteroatoms. The zero-order chi connectivity index (χ0) is 14.5. The molecule has 0 atom stereocenters. The highest BCUT2D eigenvalue weighted by atomic mass is 35.5. The molecule has 1 heterocycles. The number of hydrogen-bond donors (Lipinski definition) is 2. The molecule has 0 aliphatic heterocycles. The Kier molecular flexibility index (Phi) is 4.18. The third-order valence-corrected chi connectivity index (χ3v) is 2.82. The molecule has 0 saturated heterocycles. The summed E-state index contributed by atoms with van der Waals surface area (Å²) in [5.41, 5.74) is 0.954. The van der Waals surface area contributed by atoms with Crippen LogP contribution in [0.5, 0.6) is 0 Å². The fraction of sp³-hybridized carbons (Fsp3) is 0.0714. The molecule has 0 unspecified atom stereocenters. The first-order valence-electron chi connectivity index (χ1n) is 5.80. The number of halogens is 1. The van der Waals surface area contributed by atoms with Crippen LogP contribution in [0.25, 0.3) is 0 Å². The van der Waals surface area contributed by atoms with Crippen molar-refractivity contribution in [1.82, 2.24) is 4.98 Å². The first kappa shape index (κ1) is 13.8. The van der Waals surface area contributed by atoms with E-state index in [0.29, 0.717) is 22.1 Å². The van der Waals surface area contributed by atoms with E-state index in [0.717, 1.165) is 0 Å². The van der Waals surface area contributed by atoms with Crippen molar-refractivity contribution < 1.29 is 4.79 Å². The van der Waals surface area contributed by atoms with Crippen molar-refractivity contribution in [3.05, 3.63) is 52.7 Å². The standard InChI is InChI=1S/C14H11ClN4O/c1-17-13-4-2-3-11(18-13)14(20)19-12-7-10(15)6-5-9(12)8-16/h2-7H,1H3,(H,17,18)(H,19,20). The molecule has 1 aromatic heterocycles. The van der Waals surface area contributed by atoms with Crippen LogP contribution < -0.4 is 10.6 Å². The van der Waals surface area contributed by atoms with Crippen molar-refractivity contribution in [2.24, 2.45) is 0 Å². The van der Waals surface area contributed by atoms with Crippen molar-refractivity contribution in [2.75, 3.05) is 17.7 Å². The Hall–Kier alpha value is -2.58. The van der Waals surface area contributed by atoms with Crippen LogP contribution in [0.3, 0.4) is 0 Å². The number of rotatable bonds is 3. The SMILES string of the molecule is CNc1cccc(C(=O)Nc2cc(Cl)ccc2C#N)n1. The summed E-state index contributed by atoms with van der Waals surface area (Å²) in [6, 6.07) is 11.7. The van der Waals surface area contributed by atoms with E-state index >= 15 is 0 Å². The lowest BCUT2D eigenvalue weighted by atomic mass is 10.2. The van der Waals surface area contributed by atoms with Gasteiger partial charge in [0.1, 0.15) is 17.6 Å². The van der Waals surface area contributed by atoms with Gasteiger partial charge in [-0.2, -0.15) is 5.26 Å². The number of anilines is 2. The summed E-state index contributed by atoms with van der Waals surface area (Å²) in [4.78, 5) is 16.2. The number of hydrogen-bond acceptors (Lipinski definition) is 4. The van der Waals surface area contributed by atoms with Crippen molar-refractivity contribution in [3.63, 3.8) is 0 Å². The lowest BCUT2D eigenvalue weighted by Crippen LogP contribution is -2.15. The number of benzene rings is 1. The van der Waals surface area contributed by atoms with E-state index in [2.05, 4.69) is 15.6 Å². The Morgan fingerprint density at radius 1 is 1.35 bits per heavy atom. The largest absolute Gasteiger partial charge is 0.373 e. The maximum atomic E-state index is 12.1. The molecule has 0 spiro atoms. The second-order valence-corrected chi connectivity index (χ2v) is 4.35. The highest BCUT2D eigenvalue weighted by Crippen LogP contribution is 2.21. The summed E-state index contributed by atoms with van der Waals surface area (Å²) in [5.74, 6) is 0.185. The summed E-state index contributed by atoms with van der Waals surface area (Å²) in [5, 5.41) is 14.9. The monoisotopic (exact) mass is 286 g/mol. The molecule has 2 rings (SSSR count). The summed E-state index contributed by atoms with van der Waals surface area (Å²) in [6.45, 7) is 0. The topological polar surface area (TPSA) is 77.8 Å². The van der Waals surface area contributed by atoms with Crippen LogP contribution in [0.15, 0.2) is 36.4 Å². The Morgan fingerprint density at radius 3 is 2.85 bits per heavy atom. The third kappa shape index (κ3) is 3.05. The van der Waals surface area contributed by atoms with Crippen LogP contribution >= 0.6 is 11.6 Å². The Labute approximate surface area is 121 Å². The fourth-order valence-electron chi connectivity index (χ4n) is 1.60. The van der Waals surface area contributed by atoms with Gasteiger partial charge in [-0.05, 0) is 30.3 Å². The van der Waals surface area contributed by atoms with Crippen LogP contribution in [-0.4, -0.2) is 17.9 Å². The second-order valence-electron chi connectivity index (χ2n) is 3.91. The molecule has 0 radical (unpaired) electrons. The fourth-order valence-corrected chi connectivity index (χ4v) is 1.78. The van der Waals surface area contributed by atoms with E-state index in [1.165, 1.54) is 6.07 Å². The van der Waals surface area contributed by atoms with Crippen LogP contribution in [0, 0.1) is 11.3 Å². The van der Waals surface area contributed by atoms with E-state index in [-0.39, 0.29) is 5.69 Å². The highest BCUT2D eigenvalue weighted by molar-refractivity contribution is 6.31. The predicted molar refractivity (Wildman–Crippen MR) is 77.9 cm³/mol. The molecule has 100 valence electrons. The van der Waals surface area contributed by atoms with E-state index in [4.69, 9.17) is 16.9 Å². The first-order chi connectivity index (χ1) is 9.63. The van der Waals surface area contributed by atoms with E-state index in [9.17, 15) is 4.79 Å². The molecule has 0 fully saturated rings. The van der Waals surface area contributed by atoms with Crippen molar-refractivity contribution >= 4 is 29.0 Å². The van der Waals surface area contributed by atoms with Crippen LogP contribution in [0.4, 0.5) is 11.5 Å². The predicted octanol–water partition coefficient (Wildman–Crippen LogP) is 2.90. The van der Waals surface area contributed by atoms with Gasteiger partial charge in [0, 0.05) is 12.1 Å². The van der Waals surface area contributed by atoms with Gasteiger partial charge in [-0.1, -0.05) is 17.7 Å². The molecular weight excluding hydrogens is 276 g/mol. The highest BCUT2D eigenvalue weighted by Gasteiger charge is 2.11. The summed E-state index contributed by atoms with van der Waals surface area (Å²) in [6.07, 6.45) is 0. The minimum Gasteiger partial charge on any atom is -0.373 e. The Bertz CT molecular complexity index is 694. The van der Waals surface area contributed by atoms with Gasteiger partial charge in [0.2, 0.25) is 0 Å². The van der Waals surface area contributed by atoms with Gasteiger partial charge in [0.05, 0.1) is 11.3 Å². The number of amides is 1. The zero-order valence-electron chi connectivity index (χ0n) is 10.6. The Balaban J connectivity index is 2.28. The quantitative estimate of drug-likeness (QED) is 0.909. The number of nitrogens with zero attached hydrogens (tertiary/aromatic N) is 2. The number of pyridine rings is 1. The molecule has 5 nitrogen and oxygen atoms in total. The smallest absolute Gasteiger partial charge is 0.274 e. The van der Waals surface area contributed by atoms with Gasteiger partial charge >= 0.3 is 0 Å². The first-order valence-corrected chi connectivity index (χ1v) is 6.17. The molecule has 20 heavy (non-hydrogen) atoms. The van der Waals surface area contributed by atoms with Crippen LogP contribution in [0.1, 0.15) is 16.1 Å². The van der Waals surface area contributed by atoms with E-state index in [1.54, 1.807) is 37.4 Å². The number of carbonyl (C=O) groups excluding carboxylic acids is 1. The summed E-state index contributed by atoms with van der Waals surface area (Å²) < 4.78 is 0. The number of nitriles is 1. The van der Waals surface area contributed by atoms with Gasteiger partial charge in [0.25, 0.3) is 5.91 Å². The van der Waals surface area contributed by atoms with Gasteiger partial charge in [-0.3, -0.25) is 4.79 Å². The van der Waals surface area contributed by atoms with E-state index in [1.807, 2.05) is 6.07 Å². The lowest BCUT2D eigenvalue weighted by molar-refractivity contribution is 0.102. The molecule has 1 aromatic carbocycles. The summed E-state index contributed by atoms with van der Waals surface area (Å²) in [7, 11) is 1.72. The average molecular weight is 287 g/mol. The number of aromatic nitrogens is 1. The third-order valence-electron chi connectivity index (χ3n) is 2.59. The van der Waals surface area contributed by atoms with Gasteiger partial charge in [0.15, 0.2) is 0 Å². The number of carbonyl (C=O) groups is 1. The molecule has 1 amide bonds. The molecule has 2 aromatic rings. The minimum atomic E-state index is -0.402. The Morgan fingerprint density at radius 2 is 2.15 bits per heavy atom. The molecular formula is C14H11ClN4O. The summed E-state index contributed by atoms with van der Waals surface area (Å²) >= 11 is 5.86. The van der Waals surface area contributed by atoms with Gasteiger partial charge in [-0.15, -0.1) is 0 Å². The van der Waals surface area contributed by atoms with Gasteiger partial charge in [-0.25, -0.2) is 4.98 Å². The lowest BCUT2D eigenvalue weighted by Gasteiger charge is -2.08. The van der Waals surface area contributed by atoms with Crippen molar-refractivity contribution in [2.45, 2.75) is 0 Å². The van der Waals surface area contributed by atoms with E-state index < -0.39 is 5.91 Å². The number of nitrogens with one attached hydrogen (secondary N) is 2. The molecule has 0 saturated carbocycles. The van der Waals surface area contributed by atoms with Crippen molar-refractivity contribution in [3.8, 4) is 6.07 Å². The zero-order valence-corrected chi connectivity index (χ0v) is 11.4. The molecule has 0 bridgehead atoms. The van der Waals surface area contributed by atoms with Crippen LogP contribution in [-0.2, 0) is 0 Å². The average Bonchev–Trinajstić information content (AvgIpc) is 2.47. The maximum Gasteiger partial charge on any atom is 0.274 e. The van der Waals surface area contributed by atoms with Crippen molar-refractivity contribution in [1.29, 1.82) is 5.26 Å². The molecule has 0 aliphatic rings. The molecule has 0 aliphatic carbocycles. The minimum absolute atomic E-state index is 0.251. The normalized spacial score (nSPS) is 9.65. The second kappa shape index (κ2) is 6.04. The van der Waals surface area contributed by atoms with Gasteiger partial charge < -0.3 is 10.6 Å².